The summed E-state index contributed by atoms with van der Waals surface area (Å²) in [7, 11) is 0. The van der Waals surface area contributed by atoms with Crippen LogP contribution in [0.4, 0.5) is 5.69 Å². The van der Waals surface area contributed by atoms with Gasteiger partial charge in [0, 0.05) is 16.5 Å². The van der Waals surface area contributed by atoms with Gasteiger partial charge in [-0.25, -0.2) is 9.79 Å². The molecule has 1 aromatic carbocycles. The highest BCUT2D eigenvalue weighted by Gasteiger charge is 2.33. The first kappa shape index (κ1) is 21.7. The van der Waals surface area contributed by atoms with Gasteiger partial charge in [0.25, 0.3) is 5.56 Å². The van der Waals surface area contributed by atoms with Gasteiger partial charge in [0.05, 0.1) is 27.3 Å². The lowest BCUT2D eigenvalue weighted by molar-refractivity contribution is -0.385. The van der Waals surface area contributed by atoms with Crippen LogP contribution in [-0.2, 0) is 9.53 Å². The second kappa shape index (κ2) is 8.52. The fourth-order valence-corrected chi connectivity index (χ4v) is 5.32. The third kappa shape index (κ3) is 3.65. The summed E-state index contributed by atoms with van der Waals surface area (Å²) < 4.78 is 6.87. The number of carbonyl (C=O) groups excluding carboxylic acids is 1. The van der Waals surface area contributed by atoms with Crippen LogP contribution in [0, 0.1) is 10.1 Å². The number of fused-ring (bicyclic) bond motifs is 1. The number of rotatable bonds is 5. The molecule has 0 amide bonds. The molecule has 0 unspecified atom stereocenters. The van der Waals surface area contributed by atoms with Crippen molar-refractivity contribution in [2.24, 2.45) is 4.99 Å². The van der Waals surface area contributed by atoms with Gasteiger partial charge in [-0.1, -0.05) is 29.5 Å². The van der Waals surface area contributed by atoms with Gasteiger partial charge in [0.1, 0.15) is 6.04 Å². The molecule has 2 aromatic heterocycles. The van der Waals surface area contributed by atoms with E-state index in [0.29, 0.717) is 10.5 Å². The normalized spacial score (nSPS) is 15.9. The van der Waals surface area contributed by atoms with E-state index >= 15 is 0 Å². The molecular formula is C21H17N3O6S2. The van der Waals surface area contributed by atoms with Crippen molar-refractivity contribution >= 4 is 40.4 Å². The summed E-state index contributed by atoms with van der Waals surface area (Å²) >= 11 is 2.48. The third-order valence-corrected chi connectivity index (χ3v) is 6.77. The number of nitro benzene ring substituents is 1. The Hall–Kier alpha value is -3.57. The van der Waals surface area contributed by atoms with Crippen LogP contribution in [0.1, 0.15) is 30.3 Å². The van der Waals surface area contributed by atoms with Crippen molar-refractivity contribution in [3.8, 4) is 5.75 Å². The van der Waals surface area contributed by atoms with Crippen molar-refractivity contribution in [3.63, 3.8) is 0 Å². The van der Waals surface area contributed by atoms with Crippen molar-refractivity contribution < 1.29 is 19.6 Å². The van der Waals surface area contributed by atoms with Crippen LogP contribution in [0.5, 0.6) is 5.75 Å². The predicted octanol–water partition coefficient (Wildman–Crippen LogP) is 2.47. The van der Waals surface area contributed by atoms with Gasteiger partial charge in [-0.05, 0) is 31.4 Å². The molecule has 9 nitrogen and oxygen atoms in total. The highest BCUT2D eigenvalue weighted by atomic mass is 32.1. The first-order valence-electron chi connectivity index (χ1n) is 9.53. The van der Waals surface area contributed by atoms with Gasteiger partial charge in [-0.2, -0.15) is 0 Å². The van der Waals surface area contributed by atoms with E-state index < -0.39 is 33.9 Å². The molecule has 0 aliphatic carbocycles. The average molecular weight is 472 g/mol. The maximum absolute atomic E-state index is 13.4. The van der Waals surface area contributed by atoms with E-state index in [9.17, 15) is 24.8 Å². The van der Waals surface area contributed by atoms with Crippen LogP contribution in [0.15, 0.2) is 56.8 Å². The van der Waals surface area contributed by atoms with Gasteiger partial charge in [-0.15, -0.1) is 11.3 Å². The minimum atomic E-state index is -0.703. The highest BCUT2D eigenvalue weighted by molar-refractivity contribution is 7.10. The van der Waals surface area contributed by atoms with Crippen molar-refractivity contribution in [3.05, 3.63) is 87.2 Å². The topological polar surface area (TPSA) is 124 Å². The first-order valence-corrected chi connectivity index (χ1v) is 11.2. The predicted molar refractivity (Wildman–Crippen MR) is 119 cm³/mol. The Kier molecular flexibility index (Phi) is 5.76. The summed E-state index contributed by atoms with van der Waals surface area (Å²) in [5.41, 5.74) is -0.00598. The number of aromatic hydroxyl groups is 1. The Balaban J connectivity index is 1.95. The Labute approximate surface area is 189 Å². The van der Waals surface area contributed by atoms with Crippen LogP contribution in [0.3, 0.4) is 0 Å². The Bertz CT molecular complexity index is 1430. The number of hydrogen-bond donors (Lipinski definition) is 1. The Morgan fingerprint density at radius 3 is 2.81 bits per heavy atom. The lowest BCUT2D eigenvalue weighted by Crippen LogP contribution is -2.39. The number of nitrogens with zero attached hydrogens (tertiary/aromatic N) is 3. The number of thiazole rings is 1. The van der Waals surface area contributed by atoms with Crippen LogP contribution in [0.25, 0.3) is 6.08 Å². The summed E-state index contributed by atoms with van der Waals surface area (Å²) in [5.74, 6) is -1.07. The van der Waals surface area contributed by atoms with Crippen molar-refractivity contribution in [1.29, 1.82) is 0 Å². The summed E-state index contributed by atoms with van der Waals surface area (Å²) in [4.78, 5) is 42.1. The molecule has 1 N–H and O–H groups in total. The molecule has 0 saturated heterocycles. The van der Waals surface area contributed by atoms with Gasteiger partial charge in [0.15, 0.2) is 4.80 Å². The van der Waals surface area contributed by atoms with E-state index in [4.69, 9.17) is 4.74 Å². The Morgan fingerprint density at radius 2 is 2.16 bits per heavy atom. The largest absolute Gasteiger partial charge is 0.502 e. The van der Waals surface area contributed by atoms with Crippen LogP contribution < -0.4 is 14.9 Å². The van der Waals surface area contributed by atoms with Crippen molar-refractivity contribution in [2.45, 2.75) is 19.9 Å². The molecule has 0 fully saturated rings. The second-order valence-corrected chi connectivity index (χ2v) is 8.78. The molecule has 11 heteroatoms. The number of carbonyl (C=O) groups is 1. The molecule has 32 heavy (non-hydrogen) atoms. The number of nitro groups is 1. The summed E-state index contributed by atoms with van der Waals surface area (Å²) in [6, 6.07) is 7.04. The zero-order valence-electron chi connectivity index (χ0n) is 17.0. The van der Waals surface area contributed by atoms with Gasteiger partial charge in [-0.3, -0.25) is 19.5 Å². The lowest BCUT2D eigenvalue weighted by atomic mass is 10.0. The number of para-hydroxylation sites is 1. The monoisotopic (exact) mass is 471 g/mol. The number of esters is 1. The van der Waals surface area contributed by atoms with E-state index in [2.05, 4.69) is 4.99 Å². The molecule has 3 heterocycles. The van der Waals surface area contributed by atoms with Gasteiger partial charge < -0.3 is 9.84 Å². The van der Waals surface area contributed by atoms with E-state index in [-0.39, 0.29) is 22.3 Å². The molecule has 1 atom stereocenters. The molecule has 1 aliphatic heterocycles. The minimum absolute atomic E-state index is 0.137. The number of ether oxygens (including phenoxy) is 1. The zero-order chi connectivity index (χ0) is 23.0. The van der Waals surface area contributed by atoms with E-state index in [1.165, 1.54) is 40.2 Å². The van der Waals surface area contributed by atoms with Crippen molar-refractivity contribution in [2.75, 3.05) is 6.61 Å². The molecule has 1 aliphatic rings. The minimum Gasteiger partial charge on any atom is -0.502 e. The van der Waals surface area contributed by atoms with Crippen LogP contribution in [-0.4, -0.2) is 27.2 Å². The smallest absolute Gasteiger partial charge is 0.338 e. The van der Waals surface area contributed by atoms with Gasteiger partial charge in [0.2, 0.25) is 5.75 Å². The van der Waals surface area contributed by atoms with E-state index in [0.717, 1.165) is 16.2 Å². The molecule has 0 saturated carbocycles. The van der Waals surface area contributed by atoms with Gasteiger partial charge >= 0.3 is 11.7 Å². The van der Waals surface area contributed by atoms with Crippen LogP contribution >= 0.6 is 22.7 Å². The quantitative estimate of drug-likeness (QED) is 0.346. The summed E-state index contributed by atoms with van der Waals surface area (Å²) in [6.45, 7) is 3.58. The summed E-state index contributed by atoms with van der Waals surface area (Å²) in [6.07, 6.45) is 1.39. The molecule has 4 rings (SSSR count). The SMILES string of the molecule is CCOC(=O)C1=C(C)N=c2s/c(=C\c3cccc([N+](=O)[O-])c3O)c(=O)n2[C@@H]1c1cccs1. The summed E-state index contributed by atoms with van der Waals surface area (Å²) in [5, 5.41) is 23.2. The molecule has 0 bridgehead atoms. The fraction of sp³-hybridized carbons (Fsp3) is 0.190. The third-order valence-electron chi connectivity index (χ3n) is 4.86. The molecule has 0 spiro atoms. The lowest BCUT2D eigenvalue weighted by Gasteiger charge is -2.23. The Morgan fingerprint density at radius 1 is 1.38 bits per heavy atom. The number of thiophene rings is 1. The number of benzene rings is 1. The number of allylic oxidation sites excluding steroid dienone is 1. The zero-order valence-corrected chi connectivity index (χ0v) is 18.6. The van der Waals surface area contributed by atoms with Crippen LogP contribution in [0.2, 0.25) is 0 Å². The standard InChI is InChI=1S/C21H17N3O6S2/c1-3-30-20(27)16-11(2)22-21-23(17(16)14-8-5-9-31-14)19(26)15(32-21)10-12-6-4-7-13(18(12)25)24(28)29/h4-10,17,25H,3H2,1-2H3/b15-10-/t17-/m1/s1. The van der Waals surface area contributed by atoms with Crippen molar-refractivity contribution in [1.82, 2.24) is 4.57 Å². The average Bonchev–Trinajstić information content (AvgIpc) is 3.37. The number of hydrogen-bond acceptors (Lipinski definition) is 9. The van der Waals surface area contributed by atoms with E-state index in [1.807, 2.05) is 17.5 Å². The second-order valence-electron chi connectivity index (χ2n) is 6.79. The molecular weight excluding hydrogens is 454 g/mol. The maximum atomic E-state index is 13.4. The molecule has 3 aromatic rings. The van der Waals surface area contributed by atoms with E-state index in [1.54, 1.807) is 13.8 Å². The number of phenolic OH excluding ortho intramolecular Hbond substituents is 1. The highest BCUT2D eigenvalue weighted by Crippen LogP contribution is 2.33. The molecule has 164 valence electrons. The maximum Gasteiger partial charge on any atom is 0.338 e. The number of phenols is 1. The first-order chi connectivity index (χ1) is 15.3. The number of aromatic nitrogens is 1. The molecule has 0 radical (unpaired) electrons. The fourth-order valence-electron chi connectivity index (χ4n) is 3.46.